The first-order valence-electron chi connectivity index (χ1n) is 4.73. The molecule has 1 rings (SSSR count). The van der Waals surface area contributed by atoms with Gasteiger partial charge in [0.15, 0.2) is 0 Å². The van der Waals surface area contributed by atoms with Gasteiger partial charge >= 0.3 is 11.9 Å². The Kier molecular flexibility index (Phi) is 6.77. The smallest absolute Gasteiger partial charge is 0.338 e. The molecular weight excluding hydrogens is 262 g/mol. The third kappa shape index (κ3) is 3.61. The highest BCUT2D eigenvalue weighted by molar-refractivity contribution is 6.03. The Morgan fingerprint density at radius 2 is 1.56 bits per heavy atom. The number of hydrogen-bond acceptors (Lipinski definition) is 6. The second-order valence-corrected chi connectivity index (χ2v) is 3.05. The van der Waals surface area contributed by atoms with E-state index in [4.69, 9.17) is 4.84 Å². The molecule has 7 heteroatoms. The Labute approximate surface area is 111 Å². The summed E-state index contributed by atoms with van der Waals surface area (Å²) in [4.78, 5) is 27.7. The second kappa shape index (κ2) is 7.52. The van der Waals surface area contributed by atoms with Crippen LogP contribution in [0.4, 0.5) is 5.69 Å². The van der Waals surface area contributed by atoms with Crippen molar-refractivity contribution in [1.29, 1.82) is 0 Å². The van der Waals surface area contributed by atoms with Crippen molar-refractivity contribution < 1.29 is 23.9 Å². The van der Waals surface area contributed by atoms with E-state index in [9.17, 15) is 9.59 Å². The lowest BCUT2D eigenvalue weighted by Crippen LogP contribution is -2.12. The predicted octanol–water partition coefficient (Wildman–Crippen LogP) is 1.65. The molecule has 1 aromatic rings. The lowest BCUT2D eigenvalue weighted by molar-refractivity contribution is 0.0555. The van der Waals surface area contributed by atoms with E-state index in [1.807, 2.05) is 0 Å². The predicted molar refractivity (Wildman–Crippen MR) is 67.0 cm³/mol. The van der Waals surface area contributed by atoms with Crippen molar-refractivity contribution in [2.45, 2.75) is 0 Å². The van der Waals surface area contributed by atoms with Gasteiger partial charge in [-0.1, -0.05) is 0 Å². The SMILES string of the molecule is CONc1ccc(C(=O)OC)c(C(=O)OC)c1.Cl. The Bertz CT molecular complexity index is 435. The van der Waals surface area contributed by atoms with Crippen LogP contribution >= 0.6 is 12.4 Å². The summed E-state index contributed by atoms with van der Waals surface area (Å²) in [7, 11) is 3.91. The number of rotatable bonds is 4. The van der Waals surface area contributed by atoms with E-state index in [0.29, 0.717) is 5.69 Å². The number of anilines is 1. The summed E-state index contributed by atoms with van der Waals surface area (Å²) in [5, 5.41) is 0. The summed E-state index contributed by atoms with van der Waals surface area (Å²) < 4.78 is 9.16. The minimum atomic E-state index is -0.620. The normalized spacial score (nSPS) is 9.06. The third-order valence-corrected chi connectivity index (χ3v) is 2.05. The highest BCUT2D eigenvalue weighted by Gasteiger charge is 2.18. The Morgan fingerprint density at radius 1 is 1.00 bits per heavy atom. The maximum atomic E-state index is 11.5. The van der Waals surface area contributed by atoms with Crippen LogP contribution in [-0.4, -0.2) is 33.3 Å². The van der Waals surface area contributed by atoms with Crippen molar-refractivity contribution in [3.8, 4) is 0 Å². The molecule has 0 amide bonds. The summed E-state index contributed by atoms with van der Waals surface area (Å²) in [6.07, 6.45) is 0. The number of carbonyl (C=O) groups is 2. The molecule has 0 aromatic heterocycles. The molecule has 0 saturated heterocycles. The van der Waals surface area contributed by atoms with E-state index >= 15 is 0 Å². The van der Waals surface area contributed by atoms with Gasteiger partial charge in [-0.05, 0) is 18.2 Å². The molecule has 0 atom stereocenters. The van der Waals surface area contributed by atoms with Gasteiger partial charge in [0.05, 0.1) is 38.1 Å². The second-order valence-electron chi connectivity index (χ2n) is 3.05. The van der Waals surface area contributed by atoms with Crippen LogP contribution in [0.3, 0.4) is 0 Å². The van der Waals surface area contributed by atoms with E-state index in [0.717, 1.165) is 0 Å². The summed E-state index contributed by atoms with van der Waals surface area (Å²) in [6, 6.07) is 4.49. The number of nitrogens with one attached hydrogen (secondary N) is 1. The van der Waals surface area contributed by atoms with Gasteiger partial charge in [-0.15, -0.1) is 12.4 Å². The summed E-state index contributed by atoms with van der Waals surface area (Å²) in [5.74, 6) is -1.22. The van der Waals surface area contributed by atoms with E-state index in [1.165, 1.54) is 33.5 Å². The van der Waals surface area contributed by atoms with Crippen LogP contribution in [-0.2, 0) is 14.3 Å². The Morgan fingerprint density at radius 3 is 2.06 bits per heavy atom. The average molecular weight is 276 g/mol. The molecule has 0 aliphatic rings. The topological polar surface area (TPSA) is 73.9 Å². The minimum absolute atomic E-state index is 0. The lowest BCUT2D eigenvalue weighted by atomic mass is 10.1. The summed E-state index contributed by atoms with van der Waals surface area (Å²) in [5.41, 5.74) is 3.33. The quantitative estimate of drug-likeness (QED) is 0.665. The van der Waals surface area contributed by atoms with Crippen molar-refractivity contribution >= 4 is 30.0 Å². The molecule has 6 nitrogen and oxygen atoms in total. The lowest BCUT2D eigenvalue weighted by Gasteiger charge is -2.09. The Balaban J connectivity index is 0.00000289. The van der Waals surface area contributed by atoms with Gasteiger partial charge in [0.1, 0.15) is 0 Å². The highest BCUT2D eigenvalue weighted by atomic mass is 35.5. The van der Waals surface area contributed by atoms with Gasteiger partial charge in [0.25, 0.3) is 0 Å². The van der Waals surface area contributed by atoms with Crippen LogP contribution in [0.25, 0.3) is 0 Å². The van der Waals surface area contributed by atoms with Gasteiger partial charge in [0, 0.05) is 0 Å². The first-order chi connectivity index (χ1) is 8.13. The molecule has 18 heavy (non-hydrogen) atoms. The third-order valence-electron chi connectivity index (χ3n) is 2.05. The van der Waals surface area contributed by atoms with Gasteiger partial charge in [0.2, 0.25) is 0 Å². The van der Waals surface area contributed by atoms with Crippen molar-refractivity contribution in [3.63, 3.8) is 0 Å². The van der Waals surface area contributed by atoms with E-state index < -0.39 is 11.9 Å². The van der Waals surface area contributed by atoms with Gasteiger partial charge in [-0.25, -0.2) is 9.59 Å². The van der Waals surface area contributed by atoms with Crippen LogP contribution in [0, 0.1) is 0 Å². The fourth-order valence-corrected chi connectivity index (χ4v) is 1.29. The zero-order valence-electron chi connectivity index (χ0n) is 10.2. The fraction of sp³-hybridized carbons (Fsp3) is 0.273. The zero-order chi connectivity index (χ0) is 12.8. The molecule has 0 bridgehead atoms. The molecule has 0 fully saturated rings. The fourth-order valence-electron chi connectivity index (χ4n) is 1.29. The zero-order valence-corrected chi connectivity index (χ0v) is 11.0. The molecular formula is C11H14ClNO5. The van der Waals surface area contributed by atoms with E-state index in [1.54, 1.807) is 6.07 Å². The molecule has 0 saturated carbocycles. The Hall–Kier alpha value is -1.79. The maximum Gasteiger partial charge on any atom is 0.338 e. The number of ether oxygens (including phenoxy) is 2. The first kappa shape index (κ1) is 16.2. The highest BCUT2D eigenvalue weighted by Crippen LogP contribution is 2.18. The number of methoxy groups -OCH3 is 2. The minimum Gasteiger partial charge on any atom is -0.465 e. The molecule has 0 radical (unpaired) electrons. The van der Waals surface area contributed by atoms with Gasteiger partial charge in [-0.3, -0.25) is 10.3 Å². The molecule has 0 aliphatic heterocycles. The summed E-state index contributed by atoms with van der Waals surface area (Å²) >= 11 is 0. The molecule has 0 heterocycles. The van der Waals surface area contributed by atoms with Crippen LogP contribution < -0.4 is 5.48 Å². The summed E-state index contributed by atoms with van der Waals surface area (Å²) in [6.45, 7) is 0. The molecule has 1 N–H and O–H groups in total. The maximum absolute atomic E-state index is 11.5. The number of hydrogen-bond donors (Lipinski definition) is 1. The molecule has 100 valence electrons. The number of benzene rings is 1. The van der Waals surface area contributed by atoms with Crippen LogP contribution in [0.5, 0.6) is 0 Å². The van der Waals surface area contributed by atoms with E-state index in [-0.39, 0.29) is 23.5 Å². The first-order valence-corrected chi connectivity index (χ1v) is 4.73. The van der Waals surface area contributed by atoms with Crippen molar-refractivity contribution in [1.82, 2.24) is 0 Å². The molecule has 1 aromatic carbocycles. The molecule has 0 aliphatic carbocycles. The number of esters is 2. The van der Waals surface area contributed by atoms with Crippen LogP contribution in [0.1, 0.15) is 20.7 Å². The molecule has 0 unspecified atom stereocenters. The largest absolute Gasteiger partial charge is 0.465 e. The number of halogens is 1. The van der Waals surface area contributed by atoms with E-state index in [2.05, 4.69) is 15.0 Å². The van der Waals surface area contributed by atoms with Crippen LogP contribution in [0.2, 0.25) is 0 Å². The van der Waals surface area contributed by atoms with Gasteiger partial charge in [-0.2, -0.15) is 0 Å². The standard InChI is InChI=1S/C11H13NO5.ClH/c1-15-10(13)8-5-4-7(12-17-3)6-9(8)11(14)16-2;/h4-6,12H,1-3H3;1H. The van der Waals surface area contributed by atoms with Crippen molar-refractivity contribution in [3.05, 3.63) is 29.3 Å². The van der Waals surface area contributed by atoms with Crippen molar-refractivity contribution in [2.24, 2.45) is 0 Å². The van der Waals surface area contributed by atoms with Gasteiger partial charge < -0.3 is 9.47 Å². The van der Waals surface area contributed by atoms with Crippen molar-refractivity contribution in [2.75, 3.05) is 26.8 Å². The number of carbonyl (C=O) groups excluding carboxylic acids is 2. The van der Waals surface area contributed by atoms with Crippen LogP contribution in [0.15, 0.2) is 18.2 Å². The average Bonchev–Trinajstić information content (AvgIpc) is 2.37. The molecule has 0 spiro atoms. The monoisotopic (exact) mass is 275 g/mol.